The number of anilines is 2. The lowest BCUT2D eigenvalue weighted by molar-refractivity contribution is -0.123. The second-order valence-corrected chi connectivity index (χ2v) is 5.60. The first-order valence-corrected chi connectivity index (χ1v) is 6.58. The molecule has 2 amide bonds. The lowest BCUT2D eigenvalue weighted by Gasteiger charge is -2.17. The van der Waals surface area contributed by atoms with Gasteiger partial charge >= 0.3 is 0 Å². The van der Waals surface area contributed by atoms with Crippen LogP contribution in [0.1, 0.15) is 6.42 Å². The standard InChI is InChI=1S/C15H14N2O2/c16-10-3-5-11(6-4-10)17-14(18)12-8-1-2-9(7-8)13(12)15(17)19/h1-6,8-9,12-13H,7,16H2. The van der Waals surface area contributed by atoms with Gasteiger partial charge in [0.2, 0.25) is 11.8 Å². The molecule has 1 aliphatic heterocycles. The van der Waals surface area contributed by atoms with E-state index in [1.807, 2.05) is 0 Å². The Balaban J connectivity index is 1.74. The Morgan fingerprint density at radius 3 is 2.00 bits per heavy atom. The highest BCUT2D eigenvalue weighted by atomic mass is 16.2. The average molecular weight is 254 g/mol. The van der Waals surface area contributed by atoms with E-state index in [4.69, 9.17) is 5.73 Å². The predicted octanol–water partition coefficient (Wildman–Crippen LogP) is 1.58. The van der Waals surface area contributed by atoms with E-state index in [1.165, 1.54) is 4.90 Å². The van der Waals surface area contributed by atoms with Gasteiger partial charge in [0.1, 0.15) is 0 Å². The largest absolute Gasteiger partial charge is 0.399 e. The Labute approximate surface area is 110 Å². The topological polar surface area (TPSA) is 63.4 Å². The summed E-state index contributed by atoms with van der Waals surface area (Å²) in [6.07, 6.45) is 5.16. The van der Waals surface area contributed by atoms with E-state index in [9.17, 15) is 9.59 Å². The second-order valence-electron chi connectivity index (χ2n) is 5.60. The van der Waals surface area contributed by atoms with Crippen LogP contribution in [0.2, 0.25) is 0 Å². The molecule has 2 bridgehead atoms. The first kappa shape index (κ1) is 10.8. The van der Waals surface area contributed by atoms with Crippen molar-refractivity contribution in [3.8, 4) is 0 Å². The third-order valence-electron chi connectivity index (χ3n) is 4.62. The Kier molecular flexibility index (Phi) is 1.97. The lowest BCUT2D eigenvalue weighted by Crippen LogP contribution is -2.32. The monoisotopic (exact) mass is 254 g/mol. The van der Waals surface area contributed by atoms with Gasteiger partial charge in [-0.25, -0.2) is 0 Å². The van der Waals surface area contributed by atoms with E-state index in [-0.39, 0.29) is 35.5 Å². The molecule has 1 aromatic rings. The second kappa shape index (κ2) is 3.47. The van der Waals surface area contributed by atoms with Crippen molar-refractivity contribution in [2.75, 3.05) is 10.6 Å². The molecule has 4 atom stereocenters. The minimum absolute atomic E-state index is 0.0448. The minimum Gasteiger partial charge on any atom is -0.399 e. The number of fused-ring (bicyclic) bond motifs is 5. The molecule has 19 heavy (non-hydrogen) atoms. The van der Waals surface area contributed by atoms with Crippen LogP contribution in [0.3, 0.4) is 0 Å². The molecular weight excluding hydrogens is 240 g/mol. The summed E-state index contributed by atoms with van der Waals surface area (Å²) in [6.45, 7) is 0. The number of rotatable bonds is 1. The van der Waals surface area contributed by atoms with Gasteiger partial charge in [0.05, 0.1) is 17.5 Å². The first-order chi connectivity index (χ1) is 9.16. The third-order valence-corrected chi connectivity index (χ3v) is 4.62. The van der Waals surface area contributed by atoms with Crippen LogP contribution in [0.4, 0.5) is 11.4 Å². The maximum absolute atomic E-state index is 12.5. The number of nitrogens with two attached hydrogens (primary N) is 1. The van der Waals surface area contributed by atoms with Gasteiger partial charge in [0, 0.05) is 5.69 Å². The van der Waals surface area contributed by atoms with E-state index >= 15 is 0 Å². The van der Waals surface area contributed by atoms with Crippen LogP contribution in [0.25, 0.3) is 0 Å². The first-order valence-electron chi connectivity index (χ1n) is 6.58. The summed E-state index contributed by atoms with van der Waals surface area (Å²) in [5.41, 5.74) is 6.91. The minimum atomic E-state index is -0.139. The Bertz CT molecular complexity index is 575. The number of allylic oxidation sites excluding steroid dienone is 2. The van der Waals surface area contributed by atoms with Gasteiger partial charge in [-0.2, -0.15) is 0 Å². The van der Waals surface area contributed by atoms with Gasteiger partial charge in [-0.15, -0.1) is 0 Å². The quantitative estimate of drug-likeness (QED) is 0.470. The normalized spacial score (nSPS) is 35.3. The van der Waals surface area contributed by atoms with Crippen LogP contribution in [-0.4, -0.2) is 11.8 Å². The fourth-order valence-corrected chi connectivity index (χ4v) is 3.78. The third kappa shape index (κ3) is 1.28. The van der Waals surface area contributed by atoms with E-state index in [1.54, 1.807) is 24.3 Å². The van der Waals surface area contributed by atoms with Crippen molar-refractivity contribution >= 4 is 23.2 Å². The summed E-state index contributed by atoms with van der Waals surface area (Å²) in [7, 11) is 0. The van der Waals surface area contributed by atoms with Crippen molar-refractivity contribution in [1.29, 1.82) is 0 Å². The number of nitrogens with zero attached hydrogens (tertiary/aromatic N) is 1. The maximum Gasteiger partial charge on any atom is 0.238 e. The Morgan fingerprint density at radius 1 is 0.947 bits per heavy atom. The fourth-order valence-electron chi connectivity index (χ4n) is 3.78. The van der Waals surface area contributed by atoms with Gasteiger partial charge in [-0.05, 0) is 42.5 Å². The highest BCUT2D eigenvalue weighted by Crippen LogP contribution is 2.53. The van der Waals surface area contributed by atoms with Gasteiger partial charge in [-0.3, -0.25) is 14.5 Å². The molecule has 0 spiro atoms. The molecular formula is C15H14N2O2. The van der Waals surface area contributed by atoms with Gasteiger partial charge < -0.3 is 5.73 Å². The molecule has 4 rings (SSSR count). The lowest BCUT2D eigenvalue weighted by atomic mass is 9.85. The molecule has 2 fully saturated rings. The molecule has 4 heteroatoms. The van der Waals surface area contributed by atoms with E-state index in [2.05, 4.69) is 12.2 Å². The van der Waals surface area contributed by atoms with Crippen molar-refractivity contribution in [3.05, 3.63) is 36.4 Å². The van der Waals surface area contributed by atoms with E-state index in [0.29, 0.717) is 11.4 Å². The number of hydrogen-bond acceptors (Lipinski definition) is 3. The molecule has 0 radical (unpaired) electrons. The van der Waals surface area contributed by atoms with Crippen LogP contribution in [0.15, 0.2) is 36.4 Å². The summed E-state index contributed by atoms with van der Waals surface area (Å²) in [4.78, 5) is 26.4. The Morgan fingerprint density at radius 2 is 1.47 bits per heavy atom. The summed E-state index contributed by atoms with van der Waals surface area (Å²) in [5, 5.41) is 0. The summed E-state index contributed by atoms with van der Waals surface area (Å²) < 4.78 is 0. The van der Waals surface area contributed by atoms with Crippen molar-refractivity contribution in [2.45, 2.75) is 6.42 Å². The highest BCUT2D eigenvalue weighted by Gasteiger charge is 2.59. The zero-order valence-corrected chi connectivity index (χ0v) is 10.3. The summed E-state index contributed by atoms with van der Waals surface area (Å²) in [6, 6.07) is 6.91. The zero-order chi connectivity index (χ0) is 13.1. The van der Waals surface area contributed by atoms with E-state index in [0.717, 1.165) is 6.42 Å². The molecule has 4 nitrogen and oxygen atoms in total. The molecule has 1 saturated heterocycles. The molecule has 1 heterocycles. The summed E-state index contributed by atoms with van der Waals surface area (Å²) >= 11 is 0. The van der Waals surface area contributed by atoms with Crippen molar-refractivity contribution in [1.82, 2.24) is 0 Å². The SMILES string of the molecule is Nc1ccc(N2C(=O)C3C4C=CC(C4)C3C2=O)cc1. The molecule has 1 aromatic carbocycles. The predicted molar refractivity (Wildman–Crippen MR) is 71.1 cm³/mol. The van der Waals surface area contributed by atoms with Crippen LogP contribution in [-0.2, 0) is 9.59 Å². The highest BCUT2D eigenvalue weighted by molar-refractivity contribution is 6.22. The van der Waals surface area contributed by atoms with Crippen molar-refractivity contribution < 1.29 is 9.59 Å². The van der Waals surface area contributed by atoms with Crippen LogP contribution < -0.4 is 10.6 Å². The van der Waals surface area contributed by atoms with Gasteiger partial charge in [-0.1, -0.05) is 12.2 Å². The molecule has 2 N–H and O–H groups in total. The number of imide groups is 1. The average Bonchev–Trinajstić information content (AvgIpc) is 3.06. The number of carbonyl (C=O) groups is 2. The zero-order valence-electron chi connectivity index (χ0n) is 10.3. The molecule has 1 saturated carbocycles. The number of hydrogen-bond donors (Lipinski definition) is 1. The van der Waals surface area contributed by atoms with Crippen molar-refractivity contribution in [3.63, 3.8) is 0 Å². The fraction of sp³-hybridized carbons (Fsp3) is 0.333. The van der Waals surface area contributed by atoms with Gasteiger partial charge in [0.15, 0.2) is 0 Å². The van der Waals surface area contributed by atoms with Crippen LogP contribution in [0, 0.1) is 23.7 Å². The number of carbonyl (C=O) groups excluding carboxylic acids is 2. The number of benzene rings is 1. The smallest absolute Gasteiger partial charge is 0.238 e. The van der Waals surface area contributed by atoms with Crippen LogP contribution in [0.5, 0.6) is 0 Å². The van der Waals surface area contributed by atoms with Gasteiger partial charge in [0.25, 0.3) is 0 Å². The molecule has 0 aromatic heterocycles. The summed E-state index contributed by atoms with van der Waals surface area (Å²) in [5.74, 6) is 0.142. The molecule has 2 aliphatic carbocycles. The number of nitrogen functional groups attached to an aromatic ring is 1. The maximum atomic E-state index is 12.5. The van der Waals surface area contributed by atoms with Crippen molar-refractivity contribution in [2.24, 2.45) is 23.7 Å². The molecule has 4 unspecified atom stereocenters. The number of amides is 2. The van der Waals surface area contributed by atoms with Crippen LogP contribution >= 0.6 is 0 Å². The Hall–Kier alpha value is -2.10. The molecule has 3 aliphatic rings. The van der Waals surface area contributed by atoms with E-state index < -0.39 is 0 Å². The molecule has 96 valence electrons.